The summed E-state index contributed by atoms with van der Waals surface area (Å²) in [6, 6.07) is 14.7. The van der Waals surface area contributed by atoms with Crippen LogP contribution in [0.3, 0.4) is 0 Å². The summed E-state index contributed by atoms with van der Waals surface area (Å²) in [5, 5.41) is 3.21. The Labute approximate surface area is 120 Å². The molecule has 0 amide bonds. The maximum atomic E-state index is 11.9. The number of ketones is 1. The molecular weight excluding hydrogens is 270 g/mol. The highest BCUT2D eigenvalue weighted by Crippen LogP contribution is 2.16. The van der Waals surface area contributed by atoms with Gasteiger partial charge in [-0.25, -0.2) is 4.79 Å². The zero-order chi connectivity index (χ0) is 15.1. The van der Waals surface area contributed by atoms with E-state index in [-0.39, 0.29) is 18.1 Å². The molecule has 0 aliphatic rings. The van der Waals surface area contributed by atoms with E-state index < -0.39 is 5.97 Å². The molecule has 0 spiro atoms. The molecule has 0 aliphatic heterocycles. The number of Topliss-reactive ketones (excluding diaryl/α,β-unsaturated/α-hetero) is 1. The second-order valence-corrected chi connectivity index (χ2v) is 4.10. The molecular formula is C15H11N3O3. The zero-order valence-electron chi connectivity index (χ0n) is 11.0. The Balaban J connectivity index is 2.13. The molecule has 2 aromatic rings. The van der Waals surface area contributed by atoms with E-state index >= 15 is 0 Å². The molecule has 2 aromatic carbocycles. The second kappa shape index (κ2) is 6.88. The molecule has 6 heteroatoms. The molecule has 104 valence electrons. The van der Waals surface area contributed by atoms with Gasteiger partial charge in [0.25, 0.3) is 0 Å². The van der Waals surface area contributed by atoms with Crippen LogP contribution in [0.15, 0.2) is 59.7 Å². The lowest BCUT2D eigenvalue weighted by Gasteiger charge is -2.05. The average molecular weight is 281 g/mol. The lowest BCUT2D eigenvalue weighted by molar-refractivity contribution is 0.0733. The van der Waals surface area contributed by atoms with Crippen molar-refractivity contribution in [1.82, 2.24) is 0 Å². The minimum Gasteiger partial charge on any atom is -0.423 e. The molecule has 0 heterocycles. The molecule has 0 unspecified atom stereocenters. The molecule has 21 heavy (non-hydrogen) atoms. The van der Waals surface area contributed by atoms with Crippen LogP contribution < -0.4 is 4.74 Å². The minimum absolute atomic E-state index is 0.260. The normalized spacial score (nSPS) is 9.52. The number of rotatable bonds is 5. The summed E-state index contributed by atoms with van der Waals surface area (Å²) in [5.41, 5.74) is 8.94. The summed E-state index contributed by atoms with van der Waals surface area (Å²) < 4.78 is 5.20. The molecule has 0 aromatic heterocycles. The van der Waals surface area contributed by atoms with Crippen LogP contribution >= 0.6 is 0 Å². The Bertz CT molecular complexity index is 707. The zero-order valence-corrected chi connectivity index (χ0v) is 11.0. The highest BCUT2D eigenvalue weighted by atomic mass is 16.5. The van der Waals surface area contributed by atoms with Gasteiger partial charge >= 0.3 is 5.97 Å². The SMILES string of the molecule is [N-]=[N+]=NCC(=O)c1cccc(OC(=O)c2ccccc2)c1. The van der Waals surface area contributed by atoms with E-state index in [1.54, 1.807) is 48.5 Å². The number of carbonyl (C=O) groups is 2. The summed E-state index contributed by atoms with van der Waals surface area (Å²) >= 11 is 0. The van der Waals surface area contributed by atoms with Gasteiger partial charge in [0.2, 0.25) is 0 Å². The van der Waals surface area contributed by atoms with Crippen molar-refractivity contribution >= 4 is 11.8 Å². The van der Waals surface area contributed by atoms with Gasteiger partial charge in [-0.15, -0.1) is 0 Å². The molecule has 0 saturated carbocycles. The fourth-order valence-electron chi connectivity index (χ4n) is 1.66. The first-order chi connectivity index (χ1) is 10.2. The molecule has 2 rings (SSSR count). The number of carbonyl (C=O) groups excluding carboxylic acids is 2. The molecule has 6 nitrogen and oxygen atoms in total. The van der Waals surface area contributed by atoms with Gasteiger partial charge in [-0.2, -0.15) is 0 Å². The fourth-order valence-corrected chi connectivity index (χ4v) is 1.66. The monoisotopic (exact) mass is 281 g/mol. The quantitative estimate of drug-likeness (QED) is 0.210. The smallest absolute Gasteiger partial charge is 0.343 e. The summed E-state index contributed by atoms with van der Waals surface area (Å²) in [5.74, 6) is -0.587. The highest BCUT2D eigenvalue weighted by Gasteiger charge is 2.10. The van der Waals surface area contributed by atoms with Crippen molar-refractivity contribution < 1.29 is 14.3 Å². The van der Waals surface area contributed by atoms with Gasteiger partial charge in [0.1, 0.15) is 5.75 Å². The van der Waals surface area contributed by atoms with Gasteiger partial charge < -0.3 is 4.74 Å². The molecule has 0 bridgehead atoms. The van der Waals surface area contributed by atoms with Gasteiger partial charge in [-0.1, -0.05) is 35.4 Å². The third kappa shape index (κ3) is 3.92. The van der Waals surface area contributed by atoms with Crippen LogP contribution in [0.4, 0.5) is 0 Å². The maximum absolute atomic E-state index is 11.9. The number of ether oxygens (including phenoxy) is 1. The van der Waals surface area contributed by atoms with Crippen LogP contribution in [0.5, 0.6) is 5.75 Å². The Kier molecular flexibility index (Phi) is 4.69. The number of benzene rings is 2. The van der Waals surface area contributed by atoms with E-state index in [0.29, 0.717) is 11.1 Å². The standard InChI is InChI=1S/C15H11N3O3/c16-18-17-10-14(19)12-7-4-8-13(9-12)21-15(20)11-5-2-1-3-6-11/h1-9H,10H2. The predicted molar refractivity (Wildman–Crippen MR) is 76.2 cm³/mol. The molecule has 0 saturated heterocycles. The Morgan fingerprint density at radius 1 is 1.05 bits per heavy atom. The number of esters is 1. The topological polar surface area (TPSA) is 92.1 Å². The van der Waals surface area contributed by atoms with Crippen LogP contribution in [0.1, 0.15) is 20.7 Å². The molecule has 0 aliphatic carbocycles. The van der Waals surface area contributed by atoms with Crippen molar-refractivity contribution in [3.05, 3.63) is 76.2 Å². The maximum Gasteiger partial charge on any atom is 0.343 e. The fraction of sp³-hybridized carbons (Fsp3) is 0.0667. The third-order valence-corrected chi connectivity index (χ3v) is 2.65. The van der Waals surface area contributed by atoms with E-state index in [4.69, 9.17) is 10.3 Å². The van der Waals surface area contributed by atoms with Crippen molar-refractivity contribution in [2.24, 2.45) is 5.11 Å². The Morgan fingerprint density at radius 2 is 1.76 bits per heavy atom. The Hall–Kier alpha value is -3.11. The van der Waals surface area contributed by atoms with Crippen molar-refractivity contribution in [2.75, 3.05) is 6.54 Å². The van der Waals surface area contributed by atoms with E-state index in [9.17, 15) is 9.59 Å². The van der Waals surface area contributed by atoms with Crippen LogP contribution in [0.2, 0.25) is 0 Å². The van der Waals surface area contributed by atoms with Crippen molar-refractivity contribution in [2.45, 2.75) is 0 Å². The van der Waals surface area contributed by atoms with Crippen LogP contribution in [-0.2, 0) is 0 Å². The Morgan fingerprint density at radius 3 is 2.48 bits per heavy atom. The van der Waals surface area contributed by atoms with Crippen LogP contribution in [-0.4, -0.2) is 18.3 Å². The number of nitrogens with zero attached hydrogens (tertiary/aromatic N) is 3. The lowest BCUT2D eigenvalue weighted by Crippen LogP contribution is -2.09. The average Bonchev–Trinajstić information content (AvgIpc) is 2.53. The largest absolute Gasteiger partial charge is 0.423 e. The molecule has 0 N–H and O–H groups in total. The number of hydrogen-bond acceptors (Lipinski definition) is 4. The summed E-state index contributed by atoms with van der Waals surface area (Å²) in [6.45, 7) is -0.271. The van der Waals surface area contributed by atoms with Crippen molar-refractivity contribution in [3.63, 3.8) is 0 Å². The van der Waals surface area contributed by atoms with Gasteiger partial charge in [0, 0.05) is 10.5 Å². The third-order valence-electron chi connectivity index (χ3n) is 2.65. The molecule has 0 fully saturated rings. The van der Waals surface area contributed by atoms with Crippen molar-refractivity contribution in [1.29, 1.82) is 0 Å². The van der Waals surface area contributed by atoms with Crippen LogP contribution in [0.25, 0.3) is 10.4 Å². The first-order valence-corrected chi connectivity index (χ1v) is 6.12. The summed E-state index contributed by atoms with van der Waals surface area (Å²) in [7, 11) is 0. The van der Waals surface area contributed by atoms with Gasteiger partial charge in [0.15, 0.2) is 5.78 Å². The van der Waals surface area contributed by atoms with Crippen molar-refractivity contribution in [3.8, 4) is 5.75 Å². The van der Waals surface area contributed by atoms with Gasteiger partial charge in [0.05, 0.1) is 12.1 Å². The highest BCUT2D eigenvalue weighted by molar-refractivity contribution is 5.98. The second-order valence-electron chi connectivity index (χ2n) is 4.10. The van der Waals surface area contributed by atoms with Gasteiger partial charge in [-0.05, 0) is 29.8 Å². The predicted octanol–water partition coefficient (Wildman–Crippen LogP) is 3.40. The first kappa shape index (κ1) is 14.3. The van der Waals surface area contributed by atoms with E-state index in [1.807, 2.05) is 0 Å². The molecule has 0 radical (unpaired) electrons. The summed E-state index contributed by atoms with van der Waals surface area (Å²) in [4.78, 5) is 26.1. The van der Waals surface area contributed by atoms with Crippen LogP contribution in [0, 0.1) is 0 Å². The molecule has 0 atom stereocenters. The lowest BCUT2D eigenvalue weighted by atomic mass is 10.1. The van der Waals surface area contributed by atoms with Gasteiger partial charge in [-0.3, -0.25) is 4.79 Å². The van der Waals surface area contributed by atoms with E-state index in [2.05, 4.69) is 10.0 Å². The van der Waals surface area contributed by atoms with E-state index in [1.165, 1.54) is 6.07 Å². The minimum atomic E-state index is -0.504. The van der Waals surface area contributed by atoms with E-state index in [0.717, 1.165) is 0 Å². The number of hydrogen-bond donors (Lipinski definition) is 0. The first-order valence-electron chi connectivity index (χ1n) is 6.12. The summed E-state index contributed by atoms with van der Waals surface area (Å²) in [6.07, 6.45) is 0. The number of azide groups is 1.